The molecular formula is C9H8ClN5O. The van der Waals surface area contributed by atoms with Gasteiger partial charge in [0.2, 0.25) is 5.91 Å². The van der Waals surface area contributed by atoms with Gasteiger partial charge in [-0.1, -0.05) is 11.6 Å². The normalized spacial score (nSPS) is 10.1. The van der Waals surface area contributed by atoms with E-state index in [9.17, 15) is 4.79 Å². The smallest absolute Gasteiger partial charge is 0.247 e. The fraction of sp³-hybridized carbons (Fsp3) is 0.111. The fourth-order valence-corrected chi connectivity index (χ4v) is 1.27. The summed E-state index contributed by atoms with van der Waals surface area (Å²) in [6, 6.07) is 1.74. The predicted molar refractivity (Wildman–Crippen MR) is 57.9 cm³/mol. The molecule has 2 rings (SSSR count). The lowest BCUT2D eigenvalue weighted by molar-refractivity contribution is -0.116. The van der Waals surface area contributed by atoms with Crippen molar-refractivity contribution in [1.29, 1.82) is 0 Å². The summed E-state index contributed by atoms with van der Waals surface area (Å²) in [5, 5.41) is 6.61. The molecule has 0 saturated carbocycles. The number of nitrogens with one attached hydrogen (secondary N) is 1. The molecule has 0 bridgehead atoms. The van der Waals surface area contributed by atoms with Crippen LogP contribution < -0.4 is 5.32 Å². The minimum atomic E-state index is -0.258. The van der Waals surface area contributed by atoms with E-state index in [0.717, 1.165) is 0 Å². The Hall–Kier alpha value is -1.95. The van der Waals surface area contributed by atoms with E-state index in [1.54, 1.807) is 18.5 Å². The highest BCUT2D eigenvalue weighted by Gasteiger charge is 2.07. The van der Waals surface area contributed by atoms with Crippen LogP contribution in [0.1, 0.15) is 0 Å². The average Bonchev–Trinajstić information content (AvgIpc) is 2.74. The van der Waals surface area contributed by atoms with Gasteiger partial charge in [0.25, 0.3) is 0 Å². The first-order chi connectivity index (χ1) is 7.75. The summed E-state index contributed by atoms with van der Waals surface area (Å²) in [6.45, 7) is 0.111. The zero-order chi connectivity index (χ0) is 11.4. The van der Waals surface area contributed by atoms with Crippen molar-refractivity contribution in [3.8, 4) is 0 Å². The summed E-state index contributed by atoms with van der Waals surface area (Å²) in [6.07, 6.45) is 6.20. The number of nitrogens with zero attached hydrogens (tertiary/aromatic N) is 4. The molecule has 0 aliphatic heterocycles. The minimum Gasteiger partial charge on any atom is -0.306 e. The number of amides is 1. The van der Waals surface area contributed by atoms with Crippen LogP contribution in [-0.4, -0.2) is 25.7 Å². The van der Waals surface area contributed by atoms with Crippen molar-refractivity contribution in [2.24, 2.45) is 0 Å². The van der Waals surface area contributed by atoms with Crippen molar-refractivity contribution in [2.45, 2.75) is 6.54 Å². The largest absolute Gasteiger partial charge is 0.306 e. The van der Waals surface area contributed by atoms with Gasteiger partial charge in [-0.3, -0.25) is 9.48 Å². The lowest BCUT2D eigenvalue weighted by Gasteiger charge is -2.04. The number of aromatic nitrogens is 4. The molecule has 1 N–H and O–H groups in total. The van der Waals surface area contributed by atoms with Crippen LogP contribution in [0.3, 0.4) is 0 Å². The molecule has 16 heavy (non-hydrogen) atoms. The van der Waals surface area contributed by atoms with Crippen molar-refractivity contribution < 1.29 is 4.79 Å². The van der Waals surface area contributed by atoms with Crippen LogP contribution in [0.2, 0.25) is 5.15 Å². The Labute approximate surface area is 96.3 Å². The van der Waals surface area contributed by atoms with E-state index >= 15 is 0 Å². The fourth-order valence-electron chi connectivity index (χ4n) is 1.12. The van der Waals surface area contributed by atoms with Crippen LogP contribution in [0, 0.1) is 0 Å². The molecule has 0 fully saturated rings. The molecule has 82 valence electrons. The number of rotatable bonds is 3. The molecule has 2 aromatic heterocycles. The predicted octanol–water partition coefficient (Wildman–Crippen LogP) is 0.965. The molecule has 0 saturated heterocycles. The highest BCUT2D eigenvalue weighted by molar-refractivity contribution is 6.32. The van der Waals surface area contributed by atoms with Gasteiger partial charge in [-0.05, 0) is 6.07 Å². The van der Waals surface area contributed by atoms with E-state index in [0.29, 0.717) is 0 Å². The highest BCUT2D eigenvalue weighted by Crippen LogP contribution is 2.13. The van der Waals surface area contributed by atoms with Crippen molar-refractivity contribution in [1.82, 2.24) is 19.7 Å². The van der Waals surface area contributed by atoms with Gasteiger partial charge in [-0.2, -0.15) is 5.10 Å². The molecule has 1 amide bonds. The Morgan fingerprint density at radius 1 is 1.38 bits per heavy atom. The molecule has 2 aromatic rings. The summed E-state index contributed by atoms with van der Waals surface area (Å²) in [5.41, 5.74) is 0. The van der Waals surface area contributed by atoms with Gasteiger partial charge in [-0.25, -0.2) is 9.97 Å². The van der Waals surface area contributed by atoms with Crippen LogP contribution in [0.25, 0.3) is 0 Å². The Morgan fingerprint density at radius 3 is 2.88 bits per heavy atom. The summed E-state index contributed by atoms with van der Waals surface area (Å²) in [7, 11) is 0. The Morgan fingerprint density at radius 2 is 2.19 bits per heavy atom. The van der Waals surface area contributed by atoms with E-state index in [4.69, 9.17) is 11.6 Å². The number of hydrogen-bond acceptors (Lipinski definition) is 4. The standard InChI is InChI=1S/C9H8ClN5O/c10-8-9(12-4-3-11-8)14-7(16)6-15-5-1-2-13-15/h1-5H,6H2,(H,12,14,16). The average molecular weight is 238 g/mol. The van der Waals surface area contributed by atoms with Gasteiger partial charge in [0.1, 0.15) is 6.54 Å². The third-order valence-electron chi connectivity index (χ3n) is 1.78. The third-order valence-corrected chi connectivity index (χ3v) is 2.05. The first-order valence-corrected chi connectivity index (χ1v) is 4.87. The number of carbonyl (C=O) groups excluding carboxylic acids is 1. The SMILES string of the molecule is O=C(Cn1cccn1)Nc1nccnc1Cl. The monoisotopic (exact) mass is 237 g/mol. The van der Waals surface area contributed by atoms with Crippen LogP contribution in [0.15, 0.2) is 30.9 Å². The van der Waals surface area contributed by atoms with E-state index in [1.165, 1.54) is 17.1 Å². The molecule has 0 aliphatic carbocycles. The van der Waals surface area contributed by atoms with Gasteiger partial charge < -0.3 is 5.32 Å². The van der Waals surface area contributed by atoms with Gasteiger partial charge >= 0.3 is 0 Å². The van der Waals surface area contributed by atoms with Crippen LogP contribution >= 0.6 is 11.6 Å². The molecular weight excluding hydrogens is 230 g/mol. The van der Waals surface area contributed by atoms with E-state index < -0.39 is 0 Å². The highest BCUT2D eigenvalue weighted by atomic mass is 35.5. The topological polar surface area (TPSA) is 72.7 Å². The Kier molecular flexibility index (Phi) is 3.11. The maximum atomic E-state index is 11.5. The van der Waals surface area contributed by atoms with Crippen LogP contribution in [-0.2, 0) is 11.3 Å². The van der Waals surface area contributed by atoms with Crippen LogP contribution in [0.5, 0.6) is 0 Å². The summed E-state index contributed by atoms with van der Waals surface area (Å²) in [5.74, 6) is -0.00702. The number of hydrogen-bond donors (Lipinski definition) is 1. The number of anilines is 1. The quantitative estimate of drug-likeness (QED) is 0.863. The van der Waals surface area contributed by atoms with E-state index in [-0.39, 0.29) is 23.4 Å². The first-order valence-electron chi connectivity index (χ1n) is 4.49. The second-order valence-electron chi connectivity index (χ2n) is 2.95. The van der Waals surface area contributed by atoms with Gasteiger partial charge in [-0.15, -0.1) is 0 Å². The molecule has 0 spiro atoms. The molecule has 2 heterocycles. The summed E-state index contributed by atoms with van der Waals surface area (Å²) in [4.78, 5) is 19.2. The van der Waals surface area contributed by atoms with Crippen molar-refractivity contribution >= 4 is 23.3 Å². The van der Waals surface area contributed by atoms with Crippen LogP contribution in [0.4, 0.5) is 5.82 Å². The maximum absolute atomic E-state index is 11.5. The maximum Gasteiger partial charge on any atom is 0.247 e. The van der Waals surface area contributed by atoms with Crippen molar-refractivity contribution in [3.05, 3.63) is 36.0 Å². The Balaban J connectivity index is 2.00. The Bertz CT molecular complexity index is 484. The third kappa shape index (κ3) is 2.54. The first kappa shape index (κ1) is 10.6. The molecule has 0 aliphatic rings. The number of halogens is 1. The summed E-state index contributed by atoms with van der Waals surface area (Å²) >= 11 is 5.74. The second kappa shape index (κ2) is 4.71. The van der Waals surface area contributed by atoms with Gasteiger partial charge in [0.15, 0.2) is 11.0 Å². The molecule has 6 nitrogen and oxygen atoms in total. The zero-order valence-electron chi connectivity index (χ0n) is 8.17. The van der Waals surface area contributed by atoms with E-state index in [2.05, 4.69) is 20.4 Å². The molecule has 7 heteroatoms. The zero-order valence-corrected chi connectivity index (χ0v) is 8.92. The van der Waals surface area contributed by atoms with E-state index in [1.807, 2.05) is 0 Å². The molecule has 0 aromatic carbocycles. The number of carbonyl (C=O) groups is 1. The minimum absolute atomic E-state index is 0.111. The lowest BCUT2D eigenvalue weighted by atomic mass is 10.5. The second-order valence-corrected chi connectivity index (χ2v) is 3.31. The lowest BCUT2D eigenvalue weighted by Crippen LogP contribution is -2.20. The van der Waals surface area contributed by atoms with Gasteiger partial charge in [0, 0.05) is 24.8 Å². The van der Waals surface area contributed by atoms with Crippen molar-refractivity contribution in [2.75, 3.05) is 5.32 Å². The molecule has 0 atom stereocenters. The van der Waals surface area contributed by atoms with Gasteiger partial charge in [0.05, 0.1) is 0 Å². The van der Waals surface area contributed by atoms with Crippen molar-refractivity contribution in [3.63, 3.8) is 0 Å². The molecule has 0 radical (unpaired) electrons. The summed E-state index contributed by atoms with van der Waals surface area (Å²) < 4.78 is 1.50. The molecule has 0 unspecified atom stereocenters.